The smallest absolute Gasteiger partial charge is 0.429 e. The summed E-state index contributed by atoms with van der Waals surface area (Å²) in [6, 6.07) is 14.2. The second-order valence-corrected chi connectivity index (χ2v) is 7.55. The molecule has 0 spiro atoms. The normalized spacial score (nSPS) is 11.5. The topological polar surface area (TPSA) is 9.23 Å². The van der Waals surface area contributed by atoms with Gasteiger partial charge in [-0.2, -0.15) is 8.78 Å². The Morgan fingerprint density at radius 1 is 0.588 bits per heavy atom. The molecule has 0 radical (unpaired) electrons. The van der Waals surface area contributed by atoms with E-state index >= 15 is 0 Å². The second kappa shape index (κ2) is 8.85. The number of rotatable bonds is 5. The van der Waals surface area contributed by atoms with E-state index in [-0.39, 0.29) is 16.7 Å². The maximum atomic E-state index is 14.7. The standard InChI is InChI=1S/C26H15F7O/c1-14-2-4-16(5-3-14)19-10-11-20(24(30)23(19)29)26(32,33)34-18-8-6-15(7-9-18)17-12-21(27)25(31)22(28)13-17/h2-13H,1H3. The molecule has 4 rings (SSSR count). The van der Waals surface area contributed by atoms with Crippen LogP contribution in [0.4, 0.5) is 30.7 Å². The summed E-state index contributed by atoms with van der Waals surface area (Å²) in [7, 11) is 0. The van der Waals surface area contributed by atoms with Crippen LogP contribution in [0.5, 0.6) is 5.75 Å². The van der Waals surface area contributed by atoms with Crippen LogP contribution in [0.2, 0.25) is 0 Å². The van der Waals surface area contributed by atoms with Gasteiger partial charge in [0.05, 0.1) is 0 Å². The molecule has 0 saturated heterocycles. The summed E-state index contributed by atoms with van der Waals surface area (Å²) in [5.41, 5.74) is -0.112. The molecule has 0 aliphatic heterocycles. The molecule has 0 atom stereocenters. The number of halogens is 7. The van der Waals surface area contributed by atoms with E-state index in [2.05, 4.69) is 4.74 Å². The molecule has 0 aliphatic rings. The first-order valence-corrected chi connectivity index (χ1v) is 9.94. The van der Waals surface area contributed by atoms with Gasteiger partial charge < -0.3 is 4.74 Å². The Bertz CT molecular complexity index is 1320. The zero-order valence-corrected chi connectivity index (χ0v) is 17.5. The fraction of sp³-hybridized carbons (Fsp3) is 0.0769. The fourth-order valence-corrected chi connectivity index (χ4v) is 3.37. The third-order valence-corrected chi connectivity index (χ3v) is 5.18. The van der Waals surface area contributed by atoms with Crippen LogP contribution in [0.25, 0.3) is 22.3 Å². The molecular weight excluding hydrogens is 461 g/mol. The Morgan fingerprint density at radius 3 is 1.74 bits per heavy atom. The Kier molecular flexibility index (Phi) is 6.08. The van der Waals surface area contributed by atoms with E-state index in [1.54, 1.807) is 24.3 Å². The zero-order valence-electron chi connectivity index (χ0n) is 17.5. The minimum absolute atomic E-state index is 0.0329. The third kappa shape index (κ3) is 4.48. The zero-order chi connectivity index (χ0) is 24.6. The van der Waals surface area contributed by atoms with E-state index in [4.69, 9.17) is 0 Å². The predicted octanol–water partition coefficient (Wildman–Crippen LogP) is 8.15. The van der Waals surface area contributed by atoms with E-state index in [0.717, 1.165) is 42.0 Å². The van der Waals surface area contributed by atoms with Crippen molar-refractivity contribution >= 4 is 0 Å². The first-order chi connectivity index (χ1) is 16.1. The van der Waals surface area contributed by atoms with Crippen LogP contribution in [0.1, 0.15) is 11.1 Å². The maximum Gasteiger partial charge on any atom is 0.429 e. The number of hydrogen-bond acceptors (Lipinski definition) is 1. The van der Waals surface area contributed by atoms with Gasteiger partial charge >= 0.3 is 6.11 Å². The molecule has 4 aromatic carbocycles. The first-order valence-electron chi connectivity index (χ1n) is 9.94. The molecule has 4 aromatic rings. The van der Waals surface area contributed by atoms with Gasteiger partial charge in [-0.15, -0.1) is 0 Å². The van der Waals surface area contributed by atoms with Crippen LogP contribution in [0, 0.1) is 36.0 Å². The number of hydrogen-bond donors (Lipinski definition) is 0. The predicted molar refractivity (Wildman–Crippen MR) is 113 cm³/mol. The molecular formula is C26H15F7O. The number of aryl methyl sites for hydroxylation is 1. The average molecular weight is 476 g/mol. The average Bonchev–Trinajstić information content (AvgIpc) is 2.79. The van der Waals surface area contributed by atoms with Crippen molar-refractivity contribution in [3.8, 4) is 28.0 Å². The molecule has 1 nitrogen and oxygen atoms in total. The van der Waals surface area contributed by atoms with Gasteiger partial charge in [0.15, 0.2) is 29.1 Å². The van der Waals surface area contributed by atoms with Gasteiger partial charge in [0.1, 0.15) is 11.3 Å². The number of alkyl halides is 2. The van der Waals surface area contributed by atoms with Gasteiger partial charge in [-0.25, -0.2) is 22.0 Å². The van der Waals surface area contributed by atoms with E-state index in [1.165, 1.54) is 12.1 Å². The van der Waals surface area contributed by atoms with Crippen molar-refractivity contribution in [1.29, 1.82) is 0 Å². The molecule has 0 aromatic heterocycles. The van der Waals surface area contributed by atoms with Crippen molar-refractivity contribution in [3.63, 3.8) is 0 Å². The van der Waals surface area contributed by atoms with Gasteiger partial charge in [0.25, 0.3) is 0 Å². The van der Waals surface area contributed by atoms with Crippen LogP contribution in [-0.4, -0.2) is 0 Å². The Morgan fingerprint density at radius 2 is 1.15 bits per heavy atom. The lowest BCUT2D eigenvalue weighted by molar-refractivity contribution is -0.187. The highest BCUT2D eigenvalue weighted by atomic mass is 19.3. The maximum absolute atomic E-state index is 14.7. The van der Waals surface area contributed by atoms with Crippen molar-refractivity contribution < 1.29 is 35.5 Å². The molecule has 0 amide bonds. The van der Waals surface area contributed by atoms with Crippen LogP contribution < -0.4 is 4.74 Å². The minimum Gasteiger partial charge on any atom is -0.429 e. The summed E-state index contributed by atoms with van der Waals surface area (Å²) < 4.78 is 103. The van der Waals surface area contributed by atoms with Crippen LogP contribution in [0.15, 0.2) is 72.8 Å². The van der Waals surface area contributed by atoms with Gasteiger partial charge in [0, 0.05) is 5.56 Å². The summed E-state index contributed by atoms with van der Waals surface area (Å²) in [6.45, 7) is 1.81. The van der Waals surface area contributed by atoms with E-state index in [9.17, 15) is 30.7 Å². The van der Waals surface area contributed by atoms with Gasteiger partial charge in [-0.05, 0) is 53.9 Å². The van der Waals surface area contributed by atoms with E-state index in [1.807, 2.05) is 6.92 Å². The Labute approximate surface area is 190 Å². The van der Waals surface area contributed by atoms with Gasteiger partial charge in [0.2, 0.25) is 0 Å². The molecule has 8 heteroatoms. The summed E-state index contributed by atoms with van der Waals surface area (Å²) in [4.78, 5) is 0. The lowest BCUT2D eigenvalue weighted by Crippen LogP contribution is -2.24. The summed E-state index contributed by atoms with van der Waals surface area (Å²) in [5.74, 6) is -8.07. The molecule has 34 heavy (non-hydrogen) atoms. The fourth-order valence-electron chi connectivity index (χ4n) is 3.37. The SMILES string of the molecule is Cc1ccc(-c2ccc(C(F)(F)Oc3ccc(-c4cc(F)c(F)c(F)c4)cc3)c(F)c2F)cc1. The van der Waals surface area contributed by atoms with Gasteiger partial charge in [-0.3, -0.25) is 0 Å². The minimum atomic E-state index is -4.23. The largest absolute Gasteiger partial charge is 0.429 e. The van der Waals surface area contributed by atoms with Crippen LogP contribution in [-0.2, 0) is 6.11 Å². The molecule has 0 N–H and O–H groups in total. The Hall–Kier alpha value is -3.81. The highest BCUT2D eigenvalue weighted by Crippen LogP contribution is 2.37. The van der Waals surface area contributed by atoms with E-state index in [0.29, 0.717) is 5.56 Å². The van der Waals surface area contributed by atoms with Gasteiger partial charge in [-0.1, -0.05) is 48.0 Å². The van der Waals surface area contributed by atoms with Crippen LogP contribution in [0.3, 0.4) is 0 Å². The molecule has 0 saturated carbocycles. The molecule has 0 heterocycles. The second-order valence-electron chi connectivity index (χ2n) is 7.55. The highest BCUT2D eigenvalue weighted by molar-refractivity contribution is 5.66. The summed E-state index contributed by atoms with van der Waals surface area (Å²) in [5, 5.41) is 0. The molecule has 0 aliphatic carbocycles. The lowest BCUT2D eigenvalue weighted by atomic mass is 10.0. The molecule has 0 fully saturated rings. The third-order valence-electron chi connectivity index (χ3n) is 5.18. The molecule has 174 valence electrons. The highest BCUT2D eigenvalue weighted by Gasteiger charge is 2.39. The summed E-state index contributed by atoms with van der Waals surface area (Å²) in [6.07, 6.45) is -4.23. The number of benzene rings is 4. The van der Waals surface area contributed by atoms with Crippen molar-refractivity contribution in [1.82, 2.24) is 0 Å². The van der Waals surface area contributed by atoms with Crippen molar-refractivity contribution in [2.75, 3.05) is 0 Å². The first kappa shape index (κ1) is 23.4. The quantitative estimate of drug-likeness (QED) is 0.209. The van der Waals surface area contributed by atoms with Crippen molar-refractivity contribution in [2.24, 2.45) is 0 Å². The van der Waals surface area contributed by atoms with Crippen molar-refractivity contribution in [3.05, 3.63) is 113 Å². The molecule has 0 bridgehead atoms. The monoisotopic (exact) mass is 476 g/mol. The Balaban J connectivity index is 1.59. The van der Waals surface area contributed by atoms with E-state index < -0.39 is 46.5 Å². The summed E-state index contributed by atoms with van der Waals surface area (Å²) >= 11 is 0. The van der Waals surface area contributed by atoms with Crippen molar-refractivity contribution in [2.45, 2.75) is 13.0 Å². The lowest BCUT2D eigenvalue weighted by Gasteiger charge is -2.20. The number of ether oxygens (including phenoxy) is 1. The molecule has 0 unspecified atom stereocenters. The van der Waals surface area contributed by atoms with Crippen LogP contribution >= 0.6 is 0 Å².